The number of hydrogen-bond acceptors (Lipinski definition) is 9. The molecule has 0 N–H and O–H groups in total. The first-order valence-corrected chi connectivity index (χ1v) is 14.6. The zero-order valence-corrected chi connectivity index (χ0v) is 24.0. The van der Waals surface area contributed by atoms with Crippen LogP contribution in [0.4, 0.5) is 10.6 Å². The van der Waals surface area contributed by atoms with Crippen molar-refractivity contribution in [2.45, 2.75) is 45.8 Å². The lowest BCUT2D eigenvalue weighted by molar-refractivity contribution is -0.138. The van der Waals surface area contributed by atoms with Crippen molar-refractivity contribution < 1.29 is 19.1 Å². The van der Waals surface area contributed by atoms with Crippen molar-refractivity contribution in [3.05, 3.63) is 16.2 Å². The number of amides is 2. The van der Waals surface area contributed by atoms with E-state index in [1.54, 1.807) is 16.2 Å². The van der Waals surface area contributed by atoms with Crippen LogP contribution in [-0.4, -0.2) is 108 Å². The number of nitrogens with zero attached hydrogens (tertiary/aromatic N) is 6. The number of likely N-dealkylation sites (tertiary alicyclic amines) is 1. The summed E-state index contributed by atoms with van der Waals surface area (Å²) >= 11 is 7.99. The summed E-state index contributed by atoms with van der Waals surface area (Å²) < 4.78 is 12.0. The minimum Gasteiger partial charge on any atom is -0.444 e. The molecule has 5 heterocycles. The third kappa shape index (κ3) is 6.50. The van der Waals surface area contributed by atoms with E-state index in [2.05, 4.69) is 25.8 Å². The van der Waals surface area contributed by atoms with Crippen molar-refractivity contribution in [2.24, 2.45) is 5.92 Å². The molecule has 3 fully saturated rings. The molecular weight excluding hydrogens is 528 g/mol. The summed E-state index contributed by atoms with van der Waals surface area (Å²) in [7, 11) is 0. The number of fused-ring (bicyclic) bond motifs is 1. The topological polar surface area (TPSA) is 91.3 Å². The van der Waals surface area contributed by atoms with Crippen LogP contribution >= 0.6 is 22.9 Å². The minimum atomic E-state index is -0.515. The fourth-order valence-electron chi connectivity index (χ4n) is 5.26. The molecule has 0 atom stereocenters. The predicted molar refractivity (Wildman–Crippen MR) is 148 cm³/mol. The molecule has 3 saturated heterocycles. The molecule has 3 aliphatic heterocycles. The van der Waals surface area contributed by atoms with E-state index in [-0.39, 0.29) is 23.2 Å². The quantitative estimate of drug-likeness (QED) is 0.521. The summed E-state index contributed by atoms with van der Waals surface area (Å²) in [4.78, 5) is 44.0. The lowest BCUT2D eigenvalue weighted by atomic mass is 9.95. The van der Waals surface area contributed by atoms with Gasteiger partial charge in [0.1, 0.15) is 5.60 Å². The van der Waals surface area contributed by atoms with Crippen molar-refractivity contribution in [3.63, 3.8) is 0 Å². The Morgan fingerprint density at radius 2 is 1.68 bits per heavy atom. The summed E-state index contributed by atoms with van der Waals surface area (Å²) in [5.41, 5.74) is 0.376. The Labute approximate surface area is 232 Å². The molecule has 12 heteroatoms. The number of piperazine rings is 1. The number of aromatic nitrogens is 2. The molecule has 0 aromatic carbocycles. The van der Waals surface area contributed by atoms with Gasteiger partial charge < -0.3 is 24.2 Å². The first kappa shape index (κ1) is 27.4. The molecule has 2 aromatic rings. The Morgan fingerprint density at radius 3 is 2.34 bits per heavy atom. The number of anilines is 1. The van der Waals surface area contributed by atoms with Crippen LogP contribution < -0.4 is 4.90 Å². The Kier molecular flexibility index (Phi) is 8.27. The highest BCUT2D eigenvalue weighted by Gasteiger charge is 2.32. The van der Waals surface area contributed by atoms with Gasteiger partial charge in [0.05, 0.1) is 23.4 Å². The number of carbonyl (C=O) groups excluding carboxylic acids is 2. The maximum atomic E-state index is 13.2. The van der Waals surface area contributed by atoms with Gasteiger partial charge in [0.2, 0.25) is 11.2 Å². The second-order valence-electron chi connectivity index (χ2n) is 11.2. The first-order valence-electron chi connectivity index (χ1n) is 13.4. The molecule has 3 aliphatic rings. The smallest absolute Gasteiger partial charge is 0.410 e. The van der Waals surface area contributed by atoms with Crippen LogP contribution in [0.5, 0.6) is 0 Å². The number of morpholine rings is 1. The Bertz CT molecular complexity index is 1150. The maximum absolute atomic E-state index is 13.2. The highest BCUT2D eigenvalue weighted by molar-refractivity contribution is 7.19. The van der Waals surface area contributed by atoms with Crippen LogP contribution in [0.25, 0.3) is 10.2 Å². The molecule has 2 aromatic heterocycles. The highest BCUT2D eigenvalue weighted by Crippen LogP contribution is 2.34. The minimum absolute atomic E-state index is 0.0410. The fraction of sp³-hybridized carbons (Fsp3) is 0.692. The number of thiophene rings is 1. The second-order valence-corrected chi connectivity index (χ2v) is 12.7. The molecule has 0 radical (unpaired) electrons. The van der Waals surface area contributed by atoms with E-state index >= 15 is 0 Å². The van der Waals surface area contributed by atoms with Crippen LogP contribution in [0.2, 0.25) is 5.28 Å². The SMILES string of the molecule is CC(C)(C)OC(=O)N1CCN(C(=O)C2CCN(Cc3cc4nc(Cl)nc(N5CCOCC5)c4s3)CC2)CC1. The van der Waals surface area contributed by atoms with Crippen LogP contribution in [0, 0.1) is 5.92 Å². The van der Waals surface area contributed by atoms with E-state index in [0.717, 1.165) is 61.6 Å². The van der Waals surface area contributed by atoms with E-state index in [0.29, 0.717) is 39.4 Å². The molecule has 0 saturated carbocycles. The zero-order valence-electron chi connectivity index (χ0n) is 22.4. The molecule has 0 bridgehead atoms. The van der Waals surface area contributed by atoms with Crippen LogP contribution in [0.15, 0.2) is 6.07 Å². The maximum Gasteiger partial charge on any atom is 0.410 e. The molecule has 0 unspecified atom stereocenters. The number of hydrogen-bond donors (Lipinski definition) is 0. The second kappa shape index (κ2) is 11.5. The van der Waals surface area contributed by atoms with E-state index in [4.69, 9.17) is 21.1 Å². The zero-order chi connectivity index (χ0) is 26.9. The van der Waals surface area contributed by atoms with Gasteiger partial charge in [0, 0.05) is 56.6 Å². The molecule has 38 heavy (non-hydrogen) atoms. The molecule has 10 nitrogen and oxygen atoms in total. The van der Waals surface area contributed by atoms with Crippen LogP contribution in [0.1, 0.15) is 38.5 Å². The molecule has 0 aliphatic carbocycles. The average Bonchev–Trinajstić information content (AvgIpc) is 3.30. The summed E-state index contributed by atoms with van der Waals surface area (Å²) in [6.07, 6.45) is 1.39. The van der Waals surface area contributed by atoms with Crippen molar-refractivity contribution in [1.29, 1.82) is 0 Å². The van der Waals surface area contributed by atoms with Gasteiger partial charge >= 0.3 is 6.09 Å². The molecule has 5 rings (SSSR count). The largest absolute Gasteiger partial charge is 0.444 e. The molecule has 2 amide bonds. The summed E-state index contributed by atoms with van der Waals surface area (Å²) in [6, 6.07) is 2.12. The number of halogens is 1. The summed E-state index contributed by atoms with van der Waals surface area (Å²) in [5, 5.41) is 0.273. The van der Waals surface area contributed by atoms with Gasteiger partial charge in [-0.2, -0.15) is 4.98 Å². The third-order valence-corrected chi connectivity index (χ3v) is 8.52. The van der Waals surface area contributed by atoms with Gasteiger partial charge in [-0.3, -0.25) is 9.69 Å². The lowest BCUT2D eigenvalue weighted by Crippen LogP contribution is -2.53. The Morgan fingerprint density at radius 1 is 1.03 bits per heavy atom. The van der Waals surface area contributed by atoms with Crippen molar-refractivity contribution in [2.75, 3.05) is 70.5 Å². The van der Waals surface area contributed by atoms with Crippen LogP contribution in [-0.2, 0) is 20.8 Å². The van der Waals surface area contributed by atoms with Gasteiger partial charge in [-0.05, 0) is 64.4 Å². The van der Waals surface area contributed by atoms with E-state index in [1.165, 1.54) is 4.88 Å². The normalized spacial score (nSPS) is 20.3. The average molecular weight is 565 g/mol. The first-order chi connectivity index (χ1) is 18.2. The Balaban J connectivity index is 1.13. The molecular formula is C26H37ClN6O4S. The number of rotatable bonds is 4. The molecule has 0 spiro atoms. The Hall–Kier alpha value is -2.21. The number of piperidine rings is 1. The van der Waals surface area contributed by atoms with Gasteiger partial charge in [0.25, 0.3) is 0 Å². The van der Waals surface area contributed by atoms with E-state index in [9.17, 15) is 9.59 Å². The van der Waals surface area contributed by atoms with Crippen molar-refractivity contribution >= 4 is 51.0 Å². The summed E-state index contributed by atoms with van der Waals surface area (Å²) in [6.45, 7) is 13.3. The van der Waals surface area contributed by atoms with E-state index in [1.807, 2.05) is 25.7 Å². The molecule has 208 valence electrons. The van der Waals surface area contributed by atoms with Crippen molar-refractivity contribution in [1.82, 2.24) is 24.7 Å². The van der Waals surface area contributed by atoms with Crippen LogP contribution in [0.3, 0.4) is 0 Å². The number of ether oxygens (including phenoxy) is 2. The fourth-order valence-corrected chi connectivity index (χ4v) is 6.58. The lowest BCUT2D eigenvalue weighted by Gasteiger charge is -2.38. The third-order valence-electron chi connectivity index (χ3n) is 7.25. The standard InChI is InChI=1S/C26H37ClN6O4S/c1-26(2,3)37-25(35)33-10-8-32(9-11-33)23(34)18-4-6-30(7-5-18)17-19-16-20-21(38-19)22(29-24(27)28-20)31-12-14-36-15-13-31/h16,18H,4-15,17H2,1-3H3. The van der Waals surface area contributed by atoms with Gasteiger partial charge in [-0.25, -0.2) is 9.78 Å². The van der Waals surface area contributed by atoms with E-state index < -0.39 is 5.60 Å². The monoisotopic (exact) mass is 564 g/mol. The number of carbonyl (C=O) groups is 2. The highest BCUT2D eigenvalue weighted by atomic mass is 35.5. The van der Waals surface area contributed by atoms with Gasteiger partial charge in [-0.1, -0.05) is 0 Å². The van der Waals surface area contributed by atoms with Gasteiger partial charge in [0.15, 0.2) is 5.82 Å². The predicted octanol–water partition coefficient (Wildman–Crippen LogP) is 3.47. The summed E-state index contributed by atoms with van der Waals surface area (Å²) in [5.74, 6) is 1.16. The van der Waals surface area contributed by atoms with Gasteiger partial charge in [-0.15, -0.1) is 11.3 Å². The van der Waals surface area contributed by atoms with Crippen molar-refractivity contribution in [3.8, 4) is 0 Å².